The van der Waals surface area contributed by atoms with Gasteiger partial charge >= 0.3 is 0 Å². The predicted octanol–water partition coefficient (Wildman–Crippen LogP) is 3.47. The third kappa shape index (κ3) is 3.99. The average Bonchev–Trinajstić information content (AvgIpc) is 2.63. The summed E-state index contributed by atoms with van der Waals surface area (Å²) in [5.74, 6) is 0.0986. The second-order valence-electron chi connectivity index (χ2n) is 6.31. The highest BCUT2D eigenvalue weighted by atomic mass is 35.5. The fraction of sp³-hybridized carbons (Fsp3) is 0.300. The number of nitrogens with zero attached hydrogens (tertiary/aromatic N) is 1. The molecule has 1 aliphatic rings. The summed E-state index contributed by atoms with van der Waals surface area (Å²) in [5.41, 5.74) is 2.70. The van der Waals surface area contributed by atoms with E-state index in [-0.39, 0.29) is 18.4 Å². The van der Waals surface area contributed by atoms with E-state index >= 15 is 0 Å². The summed E-state index contributed by atoms with van der Waals surface area (Å²) < 4.78 is 5.72. The predicted molar refractivity (Wildman–Crippen MR) is 102 cm³/mol. The highest BCUT2D eigenvalue weighted by Crippen LogP contribution is 2.36. The zero-order chi connectivity index (χ0) is 18.7. The van der Waals surface area contributed by atoms with Crippen molar-refractivity contribution >= 4 is 29.1 Å². The molecule has 5 nitrogen and oxygen atoms in total. The van der Waals surface area contributed by atoms with Gasteiger partial charge in [-0.1, -0.05) is 48.4 Å². The number of amides is 2. The number of hydrogen-bond acceptors (Lipinski definition) is 3. The molecule has 1 aliphatic heterocycles. The zero-order valence-electron chi connectivity index (χ0n) is 14.8. The molecule has 2 aromatic rings. The van der Waals surface area contributed by atoms with Crippen LogP contribution in [0.2, 0.25) is 5.02 Å². The zero-order valence-corrected chi connectivity index (χ0v) is 15.5. The van der Waals surface area contributed by atoms with E-state index in [1.54, 1.807) is 18.2 Å². The van der Waals surface area contributed by atoms with Gasteiger partial charge in [0.1, 0.15) is 12.3 Å². The van der Waals surface area contributed by atoms with Crippen molar-refractivity contribution in [3.63, 3.8) is 0 Å². The molecule has 0 bridgehead atoms. The van der Waals surface area contributed by atoms with E-state index in [9.17, 15) is 9.59 Å². The number of benzene rings is 2. The van der Waals surface area contributed by atoms with Crippen LogP contribution >= 0.6 is 11.6 Å². The van der Waals surface area contributed by atoms with Gasteiger partial charge in [0, 0.05) is 11.6 Å². The lowest BCUT2D eigenvalue weighted by atomic mass is 10.1. The Kier molecular flexibility index (Phi) is 5.47. The molecule has 136 valence electrons. The Bertz CT molecular complexity index is 820. The molecular formula is C20H21ClN2O3. The van der Waals surface area contributed by atoms with Crippen molar-refractivity contribution in [1.29, 1.82) is 0 Å². The summed E-state index contributed by atoms with van der Waals surface area (Å²) in [4.78, 5) is 26.5. The van der Waals surface area contributed by atoms with Gasteiger partial charge < -0.3 is 10.1 Å². The summed E-state index contributed by atoms with van der Waals surface area (Å²) in [6, 6.07) is 13.0. The molecule has 0 aliphatic carbocycles. The third-order valence-corrected chi connectivity index (χ3v) is 4.54. The number of carbonyl (C=O) groups is 2. The molecule has 0 fully saturated rings. The molecule has 1 atom stereocenters. The molecule has 0 saturated heterocycles. The number of carbonyl (C=O) groups excluding carboxylic acids is 2. The first-order valence-electron chi connectivity index (χ1n) is 8.57. The average molecular weight is 373 g/mol. The van der Waals surface area contributed by atoms with Crippen molar-refractivity contribution in [3.05, 3.63) is 58.6 Å². The maximum absolute atomic E-state index is 12.7. The molecule has 2 amide bonds. The molecule has 6 heteroatoms. The van der Waals surface area contributed by atoms with Crippen LogP contribution in [0.3, 0.4) is 0 Å². The van der Waals surface area contributed by atoms with Gasteiger partial charge in [-0.3, -0.25) is 14.5 Å². The van der Waals surface area contributed by atoms with Crippen molar-refractivity contribution in [1.82, 2.24) is 5.32 Å². The minimum absolute atomic E-state index is 0.0715. The molecule has 0 radical (unpaired) electrons. The van der Waals surface area contributed by atoms with Crippen LogP contribution in [0.5, 0.6) is 5.75 Å². The third-order valence-electron chi connectivity index (χ3n) is 4.31. The maximum Gasteiger partial charge on any atom is 0.268 e. The number of aryl methyl sites for hydroxylation is 1. The Balaban J connectivity index is 1.72. The van der Waals surface area contributed by atoms with E-state index in [0.717, 1.165) is 11.1 Å². The smallest absolute Gasteiger partial charge is 0.268 e. The minimum atomic E-state index is -0.589. The summed E-state index contributed by atoms with van der Waals surface area (Å²) in [5, 5.41) is 3.34. The fourth-order valence-electron chi connectivity index (χ4n) is 2.82. The lowest BCUT2D eigenvalue weighted by Gasteiger charge is -2.33. The molecule has 0 spiro atoms. The molecule has 2 aromatic carbocycles. The number of anilines is 1. The van der Waals surface area contributed by atoms with Gasteiger partial charge in [-0.2, -0.15) is 0 Å². The summed E-state index contributed by atoms with van der Waals surface area (Å²) in [7, 11) is 0. The van der Waals surface area contributed by atoms with E-state index in [1.165, 1.54) is 4.90 Å². The van der Waals surface area contributed by atoms with Crippen LogP contribution in [0.4, 0.5) is 5.69 Å². The summed E-state index contributed by atoms with van der Waals surface area (Å²) >= 11 is 6.06. The van der Waals surface area contributed by atoms with E-state index in [1.807, 2.05) is 38.1 Å². The largest absolute Gasteiger partial charge is 0.478 e. The molecule has 3 rings (SSSR count). The second-order valence-corrected chi connectivity index (χ2v) is 6.75. The first-order chi connectivity index (χ1) is 12.5. The number of nitrogens with one attached hydrogen (secondary N) is 1. The van der Waals surface area contributed by atoms with Crippen LogP contribution in [0.25, 0.3) is 0 Å². The fourth-order valence-corrected chi connectivity index (χ4v) is 2.99. The first kappa shape index (κ1) is 18.3. The number of halogens is 1. The van der Waals surface area contributed by atoms with Gasteiger partial charge in [0.25, 0.3) is 5.91 Å². The van der Waals surface area contributed by atoms with Crippen molar-refractivity contribution in [2.75, 3.05) is 11.4 Å². The molecule has 1 unspecified atom stereocenters. The number of fused-ring (bicyclic) bond motifs is 1. The Morgan fingerprint density at radius 1 is 1.23 bits per heavy atom. The standard InChI is InChI=1S/C20H21ClN2O3/c1-3-17-20(25)23(16-10-15(21)8-9-18(16)26-17)12-19(24)22-11-14-6-4-13(2)5-7-14/h4-10,17H,3,11-12H2,1-2H3,(H,22,24). The highest BCUT2D eigenvalue weighted by Gasteiger charge is 2.34. The summed E-state index contributed by atoms with van der Waals surface area (Å²) in [6.07, 6.45) is -0.0591. The van der Waals surface area contributed by atoms with Gasteiger partial charge in [0.15, 0.2) is 6.10 Å². The minimum Gasteiger partial charge on any atom is -0.478 e. The lowest BCUT2D eigenvalue weighted by Crippen LogP contribution is -2.49. The normalized spacial score (nSPS) is 16.0. The van der Waals surface area contributed by atoms with Crippen molar-refractivity contribution in [2.24, 2.45) is 0 Å². The molecule has 0 aromatic heterocycles. The number of rotatable bonds is 5. The van der Waals surface area contributed by atoms with Gasteiger partial charge in [-0.25, -0.2) is 0 Å². The second kappa shape index (κ2) is 7.79. The van der Waals surface area contributed by atoms with E-state index in [4.69, 9.17) is 16.3 Å². The highest BCUT2D eigenvalue weighted by molar-refractivity contribution is 6.31. The van der Waals surface area contributed by atoms with Gasteiger partial charge in [-0.05, 0) is 37.1 Å². The van der Waals surface area contributed by atoms with Crippen LogP contribution in [-0.2, 0) is 16.1 Å². The topological polar surface area (TPSA) is 58.6 Å². The Labute approximate surface area is 157 Å². The molecule has 1 N–H and O–H groups in total. The Morgan fingerprint density at radius 2 is 1.96 bits per heavy atom. The molecule has 0 saturated carbocycles. The Hall–Kier alpha value is -2.53. The molecule has 1 heterocycles. The van der Waals surface area contributed by atoms with Crippen molar-refractivity contribution in [2.45, 2.75) is 32.9 Å². The van der Waals surface area contributed by atoms with Crippen molar-refractivity contribution in [3.8, 4) is 5.75 Å². The van der Waals surface area contributed by atoms with Gasteiger partial charge in [-0.15, -0.1) is 0 Å². The van der Waals surface area contributed by atoms with Crippen LogP contribution in [0.1, 0.15) is 24.5 Å². The maximum atomic E-state index is 12.7. The van der Waals surface area contributed by atoms with Crippen molar-refractivity contribution < 1.29 is 14.3 Å². The van der Waals surface area contributed by atoms with Crippen LogP contribution in [0.15, 0.2) is 42.5 Å². The van der Waals surface area contributed by atoms with Crippen LogP contribution in [0, 0.1) is 6.92 Å². The quantitative estimate of drug-likeness (QED) is 0.874. The Morgan fingerprint density at radius 3 is 2.65 bits per heavy atom. The van der Waals surface area contributed by atoms with Crippen LogP contribution in [-0.4, -0.2) is 24.5 Å². The lowest BCUT2D eigenvalue weighted by molar-refractivity contribution is -0.129. The van der Waals surface area contributed by atoms with E-state index in [2.05, 4.69) is 5.32 Å². The van der Waals surface area contributed by atoms with Gasteiger partial charge in [0.2, 0.25) is 5.91 Å². The number of hydrogen-bond donors (Lipinski definition) is 1. The number of ether oxygens (including phenoxy) is 1. The van der Waals surface area contributed by atoms with Crippen LogP contribution < -0.4 is 15.0 Å². The molecular weight excluding hydrogens is 352 g/mol. The van der Waals surface area contributed by atoms with Gasteiger partial charge in [0.05, 0.1) is 5.69 Å². The van der Waals surface area contributed by atoms with E-state index in [0.29, 0.717) is 29.4 Å². The SMILES string of the molecule is CCC1Oc2ccc(Cl)cc2N(CC(=O)NCc2ccc(C)cc2)C1=O. The molecule has 26 heavy (non-hydrogen) atoms. The van der Waals surface area contributed by atoms with E-state index < -0.39 is 6.10 Å². The monoisotopic (exact) mass is 372 g/mol. The first-order valence-corrected chi connectivity index (χ1v) is 8.95. The summed E-state index contributed by atoms with van der Waals surface area (Å²) in [6.45, 7) is 4.23.